The van der Waals surface area contributed by atoms with Gasteiger partial charge in [0.2, 0.25) is 0 Å². The first-order valence-electron chi connectivity index (χ1n) is 5.96. The summed E-state index contributed by atoms with van der Waals surface area (Å²) < 4.78 is 0. The molecule has 1 unspecified atom stereocenters. The van der Waals surface area contributed by atoms with Crippen molar-refractivity contribution < 1.29 is 0 Å². The Kier molecular flexibility index (Phi) is 2.81. The second kappa shape index (κ2) is 3.86. The van der Waals surface area contributed by atoms with Gasteiger partial charge in [0.1, 0.15) is 0 Å². The van der Waals surface area contributed by atoms with Gasteiger partial charge in [0.05, 0.1) is 6.04 Å². The van der Waals surface area contributed by atoms with Crippen LogP contribution in [-0.4, -0.2) is 24.5 Å². The van der Waals surface area contributed by atoms with Crippen LogP contribution in [0.3, 0.4) is 0 Å². The summed E-state index contributed by atoms with van der Waals surface area (Å²) >= 11 is 0. The van der Waals surface area contributed by atoms with E-state index in [4.69, 9.17) is 5.73 Å². The van der Waals surface area contributed by atoms with E-state index >= 15 is 0 Å². The minimum atomic E-state index is 0.00204. The average molecular weight is 218 g/mol. The van der Waals surface area contributed by atoms with Crippen molar-refractivity contribution in [2.75, 3.05) is 14.1 Å². The Morgan fingerprint density at radius 1 is 1.25 bits per heavy atom. The molecule has 0 aliphatic heterocycles. The van der Waals surface area contributed by atoms with Gasteiger partial charge in [-0.15, -0.1) is 0 Å². The highest BCUT2D eigenvalue weighted by atomic mass is 15.1. The van der Waals surface area contributed by atoms with Crippen molar-refractivity contribution >= 4 is 0 Å². The van der Waals surface area contributed by atoms with Crippen LogP contribution in [0.15, 0.2) is 18.2 Å². The number of aryl methyl sites for hydroxylation is 2. The molecule has 0 saturated heterocycles. The summed E-state index contributed by atoms with van der Waals surface area (Å²) in [4.78, 5) is 2.26. The molecule has 0 aromatic heterocycles. The number of hydrogen-bond acceptors (Lipinski definition) is 2. The lowest BCUT2D eigenvalue weighted by atomic mass is 9.92. The van der Waals surface area contributed by atoms with Crippen LogP contribution in [0.1, 0.15) is 35.6 Å². The van der Waals surface area contributed by atoms with Crippen LogP contribution < -0.4 is 5.73 Å². The Labute approximate surface area is 98.4 Å². The Balaban J connectivity index is 2.43. The normalized spacial score (nSPS) is 19.9. The predicted molar refractivity (Wildman–Crippen MR) is 68.5 cm³/mol. The third-order valence-corrected chi connectivity index (χ3v) is 3.62. The Hall–Kier alpha value is -0.860. The molecule has 16 heavy (non-hydrogen) atoms. The summed E-state index contributed by atoms with van der Waals surface area (Å²) in [6.45, 7) is 4.32. The van der Waals surface area contributed by atoms with E-state index in [1.54, 1.807) is 0 Å². The second-order valence-electron chi connectivity index (χ2n) is 5.46. The minimum Gasteiger partial charge on any atom is -0.323 e. The van der Waals surface area contributed by atoms with E-state index < -0.39 is 0 Å². The number of rotatable bonds is 3. The number of nitrogens with two attached hydrogens (primary N) is 1. The molecule has 88 valence electrons. The van der Waals surface area contributed by atoms with Crippen molar-refractivity contribution in [1.29, 1.82) is 0 Å². The highest BCUT2D eigenvalue weighted by Gasteiger charge is 2.47. The van der Waals surface area contributed by atoms with Crippen molar-refractivity contribution in [1.82, 2.24) is 4.90 Å². The molecule has 1 fully saturated rings. The first-order chi connectivity index (χ1) is 7.44. The van der Waals surface area contributed by atoms with Crippen LogP contribution in [0, 0.1) is 13.8 Å². The zero-order valence-corrected chi connectivity index (χ0v) is 10.7. The standard InChI is InChI=1S/C14H22N2/c1-10-5-6-11(2)12(9-10)13(16(3)4)14(15)7-8-14/h5-6,9,13H,7-8,15H2,1-4H3. The van der Waals surface area contributed by atoms with E-state index in [0.717, 1.165) is 12.8 Å². The molecule has 0 heterocycles. The topological polar surface area (TPSA) is 29.3 Å². The van der Waals surface area contributed by atoms with Gasteiger partial charge < -0.3 is 10.6 Å². The maximum Gasteiger partial charge on any atom is 0.0525 e. The van der Waals surface area contributed by atoms with E-state index in [-0.39, 0.29) is 5.54 Å². The molecule has 1 saturated carbocycles. The van der Waals surface area contributed by atoms with Crippen LogP contribution in [-0.2, 0) is 0 Å². The van der Waals surface area contributed by atoms with E-state index in [0.29, 0.717) is 6.04 Å². The molecule has 0 radical (unpaired) electrons. The van der Waals surface area contributed by atoms with Crippen molar-refractivity contribution in [3.05, 3.63) is 34.9 Å². The number of benzene rings is 1. The van der Waals surface area contributed by atoms with E-state index in [2.05, 4.69) is 51.0 Å². The fourth-order valence-corrected chi connectivity index (χ4v) is 2.57. The zero-order chi connectivity index (χ0) is 11.9. The summed E-state index contributed by atoms with van der Waals surface area (Å²) in [6.07, 6.45) is 2.28. The number of likely N-dealkylation sites (N-methyl/N-ethyl adjacent to an activating group) is 1. The molecule has 1 aliphatic carbocycles. The second-order valence-corrected chi connectivity index (χ2v) is 5.46. The third-order valence-electron chi connectivity index (χ3n) is 3.62. The Morgan fingerprint density at radius 2 is 1.88 bits per heavy atom. The molecule has 0 spiro atoms. The van der Waals surface area contributed by atoms with Gasteiger partial charge in [-0.25, -0.2) is 0 Å². The van der Waals surface area contributed by atoms with Gasteiger partial charge in [-0.1, -0.05) is 23.8 Å². The maximum absolute atomic E-state index is 6.40. The lowest BCUT2D eigenvalue weighted by Gasteiger charge is -2.32. The monoisotopic (exact) mass is 218 g/mol. The predicted octanol–water partition coefficient (Wildman–Crippen LogP) is 2.40. The van der Waals surface area contributed by atoms with Gasteiger partial charge >= 0.3 is 0 Å². The summed E-state index contributed by atoms with van der Waals surface area (Å²) in [6, 6.07) is 7.01. The molecule has 0 amide bonds. The summed E-state index contributed by atoms with van der Waals surface area (Å²) in [5.74, 6) is 0. The third kappa shape index (κ3) is 2.00. The van der Waals surface area contributed by atoms with Gasteiger partial charge in [-0.05, 0) is 51.9 Å². The van der Waals surface area contributed by atoms with Gasteiger partial charge in [0, 0.05) is 5.54 Å². The summed E-state index contributed by atoms with van der Waals surface area (Å²) in [5.41, 5.74) is 10.5. The lowest BCUT2D eigenvalue weighted by Crippen LogP contribution is -2.39. The van der Waals surface area contributed by atoms with Crippen LogP contribution in [0.5, 0.6) is 0 Å². The Bertz CT molecular complexity index is 392. The highest BCUT2D eigenvalue weighted by Crippen LogP contribution is 2.46. The molecule has 2 rings (SSSR count). The minimum absolute atomic E-state index is 0.00204. The average Bonchev–Trinajstić information content (AvgIpc) is 2.90. The van der Waals surface area contributed by atoms with Gasteiger partial charge in [-0.3, -0.25) is 0 Å². The number of nitrogens with zero attached hydrogens (tertiary/aromatic N) is 1. The fourth-order valence-electron chi connectivity index (χ4n) is 2.57. The van der Waals surface area contributed by atoms with Gasteiger partial charge in [0.25, 0.3) is 0 Å². The van der Waals surface area contributed by atoms with Crippen molar-refractivity contribution in [3.8, 4) is 0 Å². The number of hydrogen-bond donors (Lipinski definition) is 1. The molecule has 2 heteroatoms. The van der Waals surface area contributed by atoms with Gasteiger partial charge in [0.15, 0.2) is 0 Å². The van der Waals surface area contributed by atoms with Crippen LogP contribution in [0.2, 0.25) is 0 Å². The quantitative estimate of drug-likeness (QED) is 0.844. The zero-order valence-electron chi connectivity index (χ0n) is 10.7. The Morgan fingerprint density at radius 3 is 2.38 bits per heavy atom. The summed E-state index contributed by atoms with van der Waals surface area (Å²) in [7, 11) is 4.25. The largest absolute Gasteiger partial charge is 0.323 e. The maximum atomic E-state index is 6.40. The smallest absolute Gasteiger partial charge is 0.0525 e. The molecule has 1 aromatic rings. The van der Waals surface area contributed by atoms with E-state index in [1.807, 2.05) is 0 Å². The van der Waals surface area contributed by atoms with E-state index in [1.165, 1.54) is 16.7 Å². The van der Waals surface area contributed by atoms with Crippen LogP contribution in [0.25, 0.3) is 0 Å². The van der Waals surface area contributed by atoms with Crippen LogP contribution in [0.4, 0.5) is 0 Å². The molecule has 2 nitrogen and oxygen atoms in total. The first kappa shape index (κ1) is 11.6. The lowest BCUT2D eigenvalue weighted by molar-refractivity contribution is 0.245. The van der Waals surface area contributed by atoms with Crippen LogP contribution >= 0.6 is 0 Å². The van der Waals surface area contributed by atoms with E-state index in [9.17, 15) is 0 Å². The van der Waals surface area contributed by atoms with Crippen molar-refractivity contribution in [2.24, 2.45) is 5.73 Å². The molecular weight excluding hydrogens is 196 g/mol. The summed E-state index contributed by atoms with van der Waals surface area (Å²) in [5, 5.41) is 0. The van der Waals surface area contributed by atoms with Gasteiger partial charge in [-0.2, -0.15) is 0 Å². The van der Waals surface area contributed by atoms with Crippen molar-refractivity contribution in [3.63, 3.8) is 0 Å². The molecule has 0 bridgehead atoms. The highest BCUT2D eigenvalue weighted by molar-refractivity contribution is 5.36. The molecular formula is C14H22N2. The first-order valence-corrected chi connectivity index (χ1v) is 5.96. The fraction of sp³-hybridized carbons (Fsp3) is 0.571. The molecule has 1 atom stereocenters. The SMILES string of the molecule is Cc1ccc(C)c(C(N(C)C)C2(N)CC2)c1. The molecule has 2 N–H and O–H groups in total. The van der Waals surface area contributed by atoms with Crippen molar-refractivity contribution in [2.45, 2.75) is 38.3 Å². The molecule has 1 aliphatic rings. The molecule has 1 aromatic carbocycles.